The number of halogens is 2. The van der Waals surface area contributed by atoms with E-state index >= 15 is 0 Å². The number of rotatable bonds is 1. The lowest BCUT2D eigenvalue weighted by Gasteiger charge is -2.21. The van der Waals surface area contributed by atoms with E-state index in [0.29, 0.717) is 48.3 Å². The fourth-order valence-corrected chi connectivity index (χ4v) is 3.87. The van der Waals surface area contributed by atoms with Gasteiger partial charge in [-0.3, -0.25) is 9.59 Å². The molecule has 0 spiro atoms. The van der Waals surface area contributed by atoms with Crippen molar-refractivity contribution in [1.82, 2.24) is 0 Å². The first-order chi connectivity index (χ1) is 12.0. The van der Waals surface area contributed by atoms with Gasteiger partial charge in [0.25, 0.3) is 0 Å². The van der Waals surface area contributed by atoms with E-state index < -0.39 is 0 Å². The van der Waals surface area contributed by atoms with Gasteiger partial charge in [0, 0.05) is 32.7 Å². The molecule has 0 heterocycles. The molecule has 0 aromatic heterocycles. The van der Waals surface area contributed by atoms with Crippen LogP contribution in [0.1, 0.15) is 31.8 Å². The van der Waals surface area contributed by atoms with Crippen molar-refractivity contribution < 1.29 is 9.59 Å². The van der Waals surface area contributed by atoms with E-state index in [1.165, 1.54) is 0 Å². The Balaban J connectivity index is 2.05. The molecule has 0 bridgehead atoms. The van der Waals surface area contributed by atoms with E-state index in [1.54, 1.807) is 54.6 Å². The van der Waals surface area contributed by atoms with Gasteiger partial charge in [-0.05, 0) is 17.7 Å². The largest absolute Gasteiger partial charge is 0.289 e. The zero-order valence-corrected chi connectivity index (χ0v) is 15.1. The Bertz CT molecular complexity index is 1070. The summed E-state index contributed by atoms with van der Waals surface area (Å²) in [6.07, 6.45) is 0. The Morgan fingerprint density at radius 2 is 1.20 bits per heavy atom. The lowest BCUT2D eigenvalue weighted by Crippen LogP contribution is -2.22. The second-order valence-corrected chi connectivity index (χ2v) is 6.95. The van der Waals surface area contributed by atoms with Crippen LogP contribution in [0.25, 0.3) is 11.1 Å². The molecule has 0 fully saturated rings. The Labute approximate surface area is 159 Å². The zero-order valence-electron chi connectivity index (χ0n) is 12.7. The maximum atomic E-state index is 13.2. The molecule has 0 saturated heterocycles. The van der Waals surface area contributed by atoms with Crippen LogP contribution in [0.15, 0.2) is 59.5 Å². The predicted molar refractivity (Wildman–Crippen MR) is 102 cm³/mol. The molecular formula is C20H10Cl2O2S. The Morgan fingerprint density at radius 1 is 0.640 bits per heavy atom. The van der Waals surface area contributed by atoms with Gasteiger partial charge in [-0.1, -0.05) is 65.7 Å². The minimum atomic E-state index is -0.234. The van der Waals surface area contributed by atoms with E-state index in [4.69, 9.17) is 23.2 Å². The topological polar surface area (TPSA) is 34.1 Å². The third-order valence-electron chi connectivity index (χ3n) is 4.29. The molecule has 3 aromatic rings. The van der Waals surface area contributed by atoms with E-state index in [0.717, 1.165) is 0 Å². The second-order valence-electron chi connectivity index (χ2n) is 5.69. The number of ketones is 2. The van der Waals surface area contributed by atoms with Crippen LogP contribution in [0.2, 0.25) is 10.0 Å². The highest BCUT2D eigenvalue weighted by molar-refractivity contribution is 7.80. The van der Waals surface area contributed by atoms with Crippen molar-refractivity contribution in [1.29, 1.82) is 0 Å². The average molecular weight is 385 g/mol. The van der Waals surface area contributed by atoms with Crippen LogP contribution in [0.5, 0.6) is 0 Å². The van der Waals surface area contributed by atoms with Crippen molar-refractivity contribution in [3.8, 4) is 11.1 Å². The van der Waals surface area contributed by atoms with Crippen LogP contribution in [0, 0.1) is 0 Å². The Morgan fingerprint density at radius 3 is 1.96 bits per heavy atom. The molecule has 0 amide bonds. The highest BCUT2D eigenvalue weighted by Gasteiger charge is 2.33. The normalized spacial score (nSPS) is 12.8. The summed E-state index contributed by atoms with van der Waals surface area (Å²) in [7, 11) is 0. The van der Waals surface area contributed by atoms with Crippen molar-refractivity contribution in [2.75, 3.05) is 0 Å². The minimum absolute atomic E-state index is 0.194. The monoisotopic (exact) mass is 384 g/mol. The molecular weight excluding hydrogens is 375 g/mol. The van der Waals surface area contributed by atoms with Gasteiger partial charge in [0.2, 0.25) is 0 Å². The van der Waals surface area contributed by atoms with Crippen LogP contribution in [-0.2, 0) is 0 Å². The molecule has 4 rings (SSSR count). The van der Waals surface area contributed by atoms with Gasteiger partial charge in [0.15, 0.2) is 11.6 Å². The van der Waals surface area contributed by atoms with Gasteiger partial charge in [-0.15, -0.1) is 12.6 Å². The molecule has 0 radical (unpaired) electrons. The summed E-state index contributed by atoms with van der Waals surface area (Å²) < 4.78 is 0. The fourth-order valence-electron chi connectivity index (χ4n) is 3.16. The van der Waals surface area contributed by atoms with Crippen LogP contribution < -0.4 is 0 Å². The molecule has 5 heteroatoms. The van der Waals surface area contributed by atoms with Crippen LogP contribution in [-0.4, -0.2) is 11.6 Å². The Hall–Kier alpha value is -2.07. The molecule has 122 valence electrons. The molecule has 2 nitrogen and oxygen atoms in total. The number of hydrogen-bond donors (Lipinski definition) is 1. The summed E-state index contributed by atoms with van der Waals surface area (Å²) in [6, 6.07) is 15.5. The van der Waals surface area contributed by atoms with Crippen molar-refractivity contribution in [2.45, 2.75) is 4.90 Å². The number of thiol groups is 1. The third-order valence-corrected chi connectivity index (χ3v) is 5.48. The molecule has 3 aromatic carbocycles. The summed E-state index contributed by atoms with van der Waals surface area (Å²) in [6.45, 7) is 0. The lowest BCUT2D eigenvalue weighted by molar-refractivity contribution is 0.0977. The van der Waals surface area contributed by atoms with E-state index in [1.807, 2.05) is 0 Å². The van der Waals surface area contributed by atoms with Crippen molar-refractivity contribution in [3.05, 3.63) is 86.9 Å². The highest BCUT2D eigenvalue weighted by Crippen LogP contribution is 2.40. The van der Waals surface area contributed by atoms with Gasteiger partial charge in [0.1, 0.15) is 0 Å². The summed E-state index contributed by atoms with van der Waals surface area (Å²) in [5.74, 6) is -0.428. The smallest absolute Gasteiger partial charge is 0.196 e. The van der Waals surface area contributed by atoms with Crippen molar-refractivity contribution >= 4 is 47.4 Å². The van der Waals surface area contributed by atoms with Gasteiger partial charge < -0.3 is 0 Å². The molecule has 0 unspecified atom stereocenters. The first-order valence-corrected chi connectivity index (χ1v) is 8.70. The molecule has 25 heavy (non-hydrogen) atoms. The van der Waals surface area contributed by atoms with Crippen molar-refractivity contribution in [2.24, 2.45) is 0 Å². The minimum Gasteiger partial charge on any atom is -0.289 e. The molecule has 0 saturated carbocycles. The summed E-state index contributed by atoms with van der Waals surface area (Å²) in [5.41, 5.74) is 2.61. The molecule has 1 aliphatic rings. The maximum Gasteiger partial charge on any atom is 0.196 e. The molecule has 0 atom stereocenters. The lowest BCUT2D eigenvalue weighted by atomic mass is 9.80. The average Bonchev–Trinajstić information content (AvgIpc) is 2.61. The number of carbonyl (C=O) groups excluding carboxylic acids is 2. The fraction of sp³-hybridized carbons (Fsp3) is 0. The van der Waals surface area contributed by atoms with Crippen LogP contribution in [0.3, 0.4) is 0 Å². The van der Waals surface area contributed by atoms with E-state index in [-0.39, 0.29) is 11.6 Å². The zero-order chi connectivity index (χ0) is 17.7. The maximum absolute atomic E-state index is 13.2. The summed E-state index contributed by atoms with van der Waals surface area (Å²) in [5, 5.41) is 0.740. The van der Waals surface area contributed by atoms with Crippen molar-refractivity contribution in [3.63, 3.8) is 0 Å². The first kappa shape index (κ1) is 16.4. The van der Waals surface area contributed by atoms with Gasteiger partial charge in [0.05, 0.1) is 10.0 Å². The standard InChI is InChI=1S/C20H10Cl2O2S/c21-14-8-2-5-11(18(14)22)10-4-1-6-12-16(10)20(24)17-13(19(12)23)7-3-9-15(17)25/h1-9,25H. The number of carbonyl (C=O) groups is 2. The number of hydrogen-bond acceptors (Lipinski definition) is 3. The highest BCUT2D eigenvalue weighted by atomic mass is 35.5. The first-order valence-electron chi connectivity index (χ1n) is 7.49. The van der Waals surface area contributed by atoms with Crippen LogP contribution in [0.4, 0.5) is 0 Å². The summed E-state index contributed by atoms with van der Waals surface area (Å²) in [4.78, 5) is 26.6. The van der Waals surface area contributed by atoms with Crippen LogP contribution >= 0.6 is 35.8 Å². The van der Waals surface area contributed by atoms with Gasteiger partial charge in [-0.2, -0.15) is 0 Å². The SMILES string of the molecule is O=C1c2cccc(S)c2C(=O)c2c1cccc2-c1cccc(Cl)c1Cl. The van der Waals surface area contributed by atoms with E-state index in [9.17, 15) is 9.59 Å². The molecule has 1 aliphatic carbocycles. The third kappa shape index (κ3) is 2.43. The Kier molecular flexibility index (Phi) is 3.95. The second kappa shape index (κ2) is 6.03. The number of benzene rings is 3. The molecule has 0 N–H and O–H groups in total. The van der Waals surface area contributed by atoms with Gasteiger partial charge in [-0.25, -0.2) is 0 Å². The summed E-state index contributed by atoms with van der Waals surface area (Å²) >= 11 is 16.8. The molecule has 0 aliphatic heterocycles. The number of fused-ring (bicyclic) bond motifs is 2. The van der Waals surface area contributed by atoms with Gasteiger partial charge >= 0.3 is 0 Å². The predicted octanol–water partition coefficient (Wildman–Crippen LogP) is 5.72. The van der Waals surface area contributed by atoms with E-state index in [2.05, 4.69) is 12.6 Å². The quantitative estimate of drug-likeness (QED) is 0.425.